The summed E-state index contributed by atoms with van der Waals surface area (Å²) in [5.41, 5.74) is 1.17. The van der Waals surface area contributed by atoms with Crippen LogP contribution in [0, 0.1) is 0 Å². The minimum atomic E-state index is -0.171. The van der Waals surface area contributed by atoms with Crippen molar-refractivity contribution >= 4 is 21.8 Å². The first kappa shape index (κ1) is 14.5. The summed E-state index contributed by atoms with van der Waals surface area (Å²) in [5, 5.41) is 12.5. The average Bonchev–Trinajstić information content (AvgIpc) is 2.39. The molecule has 1 saturated carbocycles. The molecule has 2 rings (SSSR count). The summed E-state index contributed by atoms with van der Waals surface area (Å²) >= 11 is 3.43. The van der Waals surface area contributed by atoms with Gasteiger partial charge in [0.1, 0.15) is 0 Å². The monoisotopic (exact) mass is 325 g/mol. The van der Waals surface area contributed by atoms with E-state index < -0.39 is 0 Å². The van der Waals surface area contributed by atoms with Gasteiger partial charge in [0.2, 0.25) is 5.91 Å². The molecule has 0 aromatic heterocycles. The van der Waals surface area contributed by atoms with Gasteiger partial charge in [0, 0.05) is 16.9 Å². The van der Waals surface area contributed by atoms with Crippen molar-refractivity contribution in [3.05, 3.63) is 34.3 Å². The predicted octanol–water partition coefficient (Wildman–Crippen LogP) is 2.80. The Labute approximate surface area is 122 Å². The van der Waals surface area contributed by atoms with Gasteiger partial charge in [-0.2, -0.15) is 0 Å². The maximum Gasteiger partial charge on any atom is 0.220 e. The van der Waals surface area contributed by atoms with Gasteiger partial charge in [-0.1, -0.05) is 28.1 Å². The zero-order valence-electron chi connectivity index (χ0n) is 10.9. The van der Waals surface area contributed by atoms with Crippen LogP contribution in [0.15, 0.2) is 28.7 Å². The van der Waals surface area contributed by atoms with E-state index in [1.165, 1.54) is 5.56 Å². The molecule has 0 bridgehead atoms. The maximum absolute atomic E-state index is 11.9. The Kier molecular flexibility index (Phi) is 5.40. The minimum absolute atomic E-state index is 0.112. The molecule has 1 aromatic rings. The predicted molar refractivity (Wildman–Crippen MR) is 78.9 cm³/mol. The number of benzene rings is 1. The fourth-order valence-electron chi connectivity index (χ4n) is 2.47. The van der Waals surface area contributed by atoms with Crippen LogP contribution in [0.2, 0.25) is 0 Å². The lowest BCUT2D eigenvalue weighted by molar-refractivity contribution is -0.122. The molecule has 0 atom stereocenters. The number of aryl methyl sites for hydroxylation is 1. The third kappa shape index (κ3) is 4.96. The Morgan fingerprint density at radius 3 is 2.74 bits per heavy atom. The molecule has 0 radical (unpaired) electrons. The van der Waals surface area contributed by atoms with E-state index in [-0.39, 0.29) is 18.1 Å². The van der Waals surface area contributed by atoms with E-state index >= 15 is 0 Å². The number of aliphatic hydroxyl groups excluding tert-OH is 1. The van der Waals surface area contributed by atoms with Gasteiger partial charge in [0.15, 0.2) is 0 Å². The lowest BCUT2D eigenvalue weighted by Crippen LogP contribution is -2.38. The Balaban J connectivity index is 1.73. The number of nitrogens with one attached hydrogen (secondary N) is 1. The quantitative estimate of drug-likeness (QED) is 0.894. The van der Waals surface area contributed by atoms with Crippen molar-refractivity contribution in [3.63, 3.8) is 0 Å². The van der Waals surface area contributed by atoms with Gasteiger partial charge in [-0.05, 0) is 49.8 Å². The second-order valence-electron chi connectivity index (χ2n) is 5.20. The van der Waals surface area contributed by atoms with Crippen LogP contribution >= 0.6 is 15.9 Å². The van der Waals surface area contributed by atoms with E-state index in [9.17, 15) is 9.90 Å². The molecule has 3 nitrogen and oxygen atoms in total. The second kappa shape index (κ2) is 7.06. The van der Waals surface area contributed by atoms with E-state index in [0.717, 1.165) is 36.6 Å². The smallest absolute Gasteiger partial charge is 0.220 e. The third-order valence-corrected chi connectivity index (χ3v) is 4.08. The number of amides is 1. The van der Waals surface area contributed by atoms with Crippen molar-refractivity contribution in [3.8, 4) is 0 Å². The molecular weight excluding hydrogens is 306 g/mol. The van der Waals surface area contributed by atoms with Crippen LogP contribution in [0.3, 0.4) is 0 Å². The molecule has 1 aliphatic rings. The molecule has 0 heterocycles. The highest BCUT2D eigenvalue weighted by atomic mass is 79.9. The molecule has 0 spiro atoms. The normalized spacial score (nSPS) is 23.1. The molecule has 1 aromatic carbocycles. The molecule has 104 valence electrons. The zero-order chi connectivity index (χ0) is 13.7. The van der Waals surface area contributed by atoms with Gasteiger partial charge in [-0.15, -0.1) is 0 Å². The zero-order valence-corrected chi connectivity index (χ0v) is 12.5. The molecule has 1 amide bonds. The lowest BCUT2D eigenvalue weighted by Gasteiger charge is -2.26. The first-order valence-electron chi connectivity index (χ1n) is 6.85. The van der Waals surface area contributed by atoms with Gasteiger partial charge in [0.25, 0.3) is 0 Å². The highest BCUT2D eigenvalue weighted by Gasteiger charge is 2.20. The summed E-state index contributed by atoms with van der Waals surface area (Å²) < 4.78 is 1.05. The van der Waals surface area contributed by atoms with Crippen molar-refractivity contribution in [2.45, 2.75) is 50.7 Å². The molecule has 4 heteroatoms. The van der Waals surface area contributed by atoms with Gasteiger partial charge in [-0.25, -0.2) is 0 Å². The number of halogens is 1. The van der Waals surface area contributed by atoms with Crippen molar-refractivity contribution in [1.82, 2.24) is 5.32 Å². The van der Waals surface area contributed by atoms with Gasteiger partial charge >= 0.3 is 0 Å². The first-order chi connectivity index (χ1) is 9.13. The van der Waals surface area contributed by atoms with Crippen molar-refractivity contribution in [2.75, 3.05) is 0 Å². The molecule has 19 heavy (non-hydrogen) atoms. The van der Waals surface area contributed by atoms with E-state index in [1.807, 2.05) is 24.3 Å². The molecule has 0 aliphatic heterocycles. The summed E-state index contributed by atoms with van der Waals surface area (Å²) in [7, 11) is 0. The lowest BCUT2D eigenvalue weighted by atomic mass is 9.93. The highest BCUT2D eigenvalue weighted by Crippen LogP contribution is 2.18. The van der Waals surface area contributed by atoms with Crippen molar-refractivity contribution in [2.24, 2.45) is 0 Å². The Bertz CT molecular complexity index is 428. The number of rotatable bonds is 4. The Morgan fingerprint density at radius 2 is 2.05 bits per heavy atom. The molecule has 0 unspecified atom stereocenters. The van der Waals surface area contributed by atoms with Gasteiger partial charge < -0.3 is 10.4 Å². The fraction of sp³-hybridized carbons (Fsp3) is 0.533. The summed E-state index contributed by atoms with van der Waals surface area (Å²) in [6, 6.07) is 8.30. The molecular formula is C15H20BrNO2. The van der Waals surface area contributed by atoms with Crippen molar-refractivity contribution < 1.29 is 9.90 Å². The van der Waals surface area contributed by atoms with E-state index in [2.05, 4.69) is 21.2 Å². The van der Waals surface area contributed by atoms with Crippen LogP contribution in [-0.4, -0.2) is 23.2 Å². The van der Waals surface area contributed by atoms with E-state index in [4.69, 9.17) is 0 Å². The highest BCUT2D eigenvalue weighted by molar-refractivity contribution is 9.10. The first-order valence-corrected chi connectivity index (χ1v) is 7.64. The average molecular weight is 326 g/mol. The summed E-state index contributed by atoms with van der Waals surface area (Å²) in [5.74, 6) is 0.112. The summed E-state index contributed by atoms with van der Waals surface area (Å²) in [6.07, 6.45) is 4.51. The molecule has 1 aliphatic carbocycles. The SMILES string of the molecule is O=C(CCc1cccc(Br)c1)NC1CCC(O)CC1. The second-order valence-corrected chi connectivity index (χ2v) is 6.12. The number of hydrogen-bond donors (Lipinski definition) is 2. The van der Waals surface area contributed by atoms with Crippen LogP contribution in [0.5, 0.6) is 0 Å². The van der Waals surface area contributed by atoms with Crippen LogP contribution in [0.25, 0.3) is 0 Å². The fourth-order valence-corrected chi connectivity index (χ4v) is 2.92. The van der Waals surface area contributed by atoms with Crippen molar-refractivity contribution in [1.29, 1.82) is 0 Å². The standard InChI is InChI=1S/C15H20BrNO2/c16-12-3-1-2-11(10-12)4-9-15(19)17-13-5-7-14(18)8-6-13/h1-3,10,13-14,18H,4-9H2,(H,17,19). The van der Waals surface area contributed by atoms with Gasteiger partial charge in [-0.3, -0.25) is 4.79 Å². The van der Waals surface area contributed by atoms with E-state index in [1.54, 1.807) is 0 Å². The Hall–Kier alpha value is -0.870. The third-order valence-electron chi connectivity index (χ3n) is 3.59. The summed E-state index contributed by atoms with van der Waals surface area (Å²) in [6.45, 7) is 0. The van der Waals surface area contributed by atoms with Gasteiger partial charge in [0.05, 0.1) is 6.10 Å². The summed E-state index contributed by atoms with van der Waals surface area (Å²) in [4.78, 5) is 11.9. The number of aliphatic hydroxyl groups is 1. The van der Waals surface area contributed by atoms with Crippen LogP contribution in [0.4, 0.5) is 0 Å². The molecule has 0 saturated heterocycles. The Morgan fingerprint density at radius 1 is 1.32 bits per heavy atom. The maximum atomic E-state index is 11.9. The minimum Gasteiger partial charge on any atom is -0.393 e. The van der Waals surface area contributed by atoms with E-state index in [0.29, 0.717) is 6.42 Å². The number of carbonyl (C=O) groups excluding carboxylic acids is 1. The number of hydrogen-bond acceptors (Lipinski definition) is 2. The van der Waals surface area contributed by atoms with Crippen LogP contribution < -0.4 is 5.32 Å². The van der Waals surface area contributed by atoms with Crippen LogP contribution in [0.1, 0.15) is 37.7 Å². The molecule has 2 N–H and O–H groups in total. The van der Waals surface area contributed by atoms with Crippen LogP contribution in [-0.2, 0) is 11.2 Å². The topological polar surface area (TPSA) is 49.3 Å². The molecule has 1 fully saturated rings. The number of carbonyl (C=O) groups is 1. The largest absolute Gasteiger partial charge is 0.393 e.